The minimum Gasteiger partial charge on any atom is -0.497 e. The van der Waals surface area contributed by atoms with Crippen molar-refractivity contribution in [3.05, 3.63) is 30.1 Å². The van der Waals surface area contributed by atoms with Crippen LogP contribution in [-0.4, -0.2) is 47.5 Å². The van der Waals surface area contributed by atoms with Crippen LogP contribution in [0.2, 0.25) is 0 Å². The molecule has 0 saturated carbocycles. The van der Waals surface area contributed by atoms with Crippen LogP contribution in [0.1, 0.15) is 19.2 Å². The summed E-state index contributed by atoms with van der Waals surface area (Å²) in [7, 11) is 1.59. The third-order valence-corrected chi connectivity index (χ3v) is 3.31. The van der Waals surface area contributed by atoms with E-state index in [-0.39, 0.29) is 37.1 Å². The van der Waals surface area contributed by atoms with Crippen LogP contribution in [0, 0.1) is 0 Å². The second-order valence-corrected chi connectivity index (χ2v) is 5.32. The van der Waals surface area contributed by atoms with Crippen LogP contribution in [0.4, 0.5) is 13.2 Å². The highest BCUT2D eigenvalue weighted by Gasteiger charge is 2.26. The van der Waals surface area contributed by atoms with E-state index in [1.165, 1.54) is 0 Å². The second kappa shape index (κ2) is 10.9. The van der Waals surface area contributed by atoms with E-state index in [1.807, 2.05) is 19.1 Å². The van der Waals surface area contributed by atoms with Crippen LogP contribution in [-0.2, 0) is 6.54 Å². The fourth-order valence-electron chi connectivity index (χ4n) is 2.05. The fourth-order valence-corrected chi connectivity index (χ4v) is 2.05. The first-order valence-electron chi connectivity index (χ1n) is 8.06. The Morgan fingerprint density at radius 3 is 2.52 bits per heavy atom. The first-order valence-corrected chi connectivity index (χ1v) is 8.06. The summed E-state index contributed by atoms with van der Waals surface area (Å²) in [6.07, 6.45) is -5.14. The highest BCUT2D eigenvalue weighted by atomic mass is 127. The summed E-state index contributed by atoms with van der Waals surface area (Å²) < 4.78 is 41.8. The van der Waals surface area contributed by atoms with E-state index in [4.69, 9.17) is 4.74 Å². The Kier molecular flexibility index (Phi) is 9.32. The Morgan fingerprint density at radius 1 is 1.22 bits per heavy atom. The maximum absolute atomic E-state index is 12.2. The van der Waals surface area contributed by atoms with Gasteiger partial charge in [-0.2, -0.15) is 18.3 Å². The van der Waals surface area contributed by atoms with Crippen LogP contribution < -0.4 is 15.4 Å². The maximum Gasteiger partial charge on any atom is 0.390 e. The van der Waals surface area contributed by atoms with Gasteiger partial charge >= 0.3 is 6.18 Å². The normalized spacial score (nSPS) is 11.7. The van der Waals surface area contributed by atoms with Gasteiger partial charge in [0.1, 0.15) is 18.1 Å². The Labute approximate surface area is 172 Å². The summed E-state index contributed by atoms with van der Waals surface area (Å²) in [5, 5.41) is 12.4. The number of halogens is 4. The molecular formula is C16H22F3IN6O. The zero-order chi connectivity index (χ0) is 19.0. The van der Waals surface area contributed by atoms with Crippen LogP contribution >= 0.6 is 24.0 Å². The predicted octanol–water partition coefficient (Wildman–Crippen LogP) is 3.11. The number of aliphatic imine (C=N–C) groups is 1. The summed E-state index contributed by atoms with van der Waals surface area (Å²) in [4.78, 5) is 8.55. The second-order valence-electron chi connectivity index (χ2n) is 5.32. The van der Waals surface area contributed by atoms with Crippen molar-refractivity contribution in [3.63, 3.8) is 0 Å². The zero-order valence-electron chi connectivity index (χ0n) is 14.9. The molecule has 1 aromatic carbocycles. The molecule has 3 N–H and O–H groups in total. The van der Waals surface area contributed by atoms with Gasteiger partial charge in [0.15, 0.2) is 11.8 Å². The largest absolute Gasteiger partial charge is 0.497 e. The van der Waals surface area contributed by atoms with E-state index in [9.17, 15) is 13.2 Å². The molecule has 27 heavy (non-hydrogen) atoms. The van der Waals surface area contributed by atoms with Gasteiger partial charge in [-0.1, -0.05) is 0 Å². The molecule has 0 atom stereocenters. The van der Waals surface area contributed by atoms with Crippen LogP contribution in [0.3, 0.4) is 0 Å². The smallest absolute Gasteiger partial charge is 0.390 e. The molecule has 0 aliphatic heterocycles. The first kappa shape index (κ1) is 23.0. The van der Waals surface area contributed by atoms with E-state index in [0.717, 1.165) is 11.3 Å². The van der Waals surface area contributed by atoms with E-state index in [1.54, 1.807) is 19.2 Å². The van der Waals surface area contributed by atoms with Crippen molar-refractivity contribution in [1.29, 1.82) is 0 Å². The highest BCUT2D eigenvalue weighted by Crippen LogP contribution is 2.19. The minimum atomic E-state index is -4.21. The number of benzene rings is 1. The summed E-state index contributed by atoms with van der Waals surface area (Å²) in [6, 6.07) is 7.27. The summed E-state index contributed by atoms with van der Waals surface area (Å²) >= 11 is 0. The Balaban J connectivity index is 0.00000364. The number of nitrogens with zero attached hydrogens (tertiary/aromatic N) is 3. The lowest BCUT2D eigenvalue weighted by Crippen LogP contribution is -2.38. The topological polar surface area (TPSA) is 87.2 Å². The maximum atomic E-state index is 12.2. The van der Waals surface area contributed by atoms with Gasteiger partial charge < -0.3 is 15.4 Å². The van der Waals surface area contributed by atoms with Crippen molar-refractivity contribution < 1.29 is 17.9 Å². The molecule has 0 unspecified atom stereocenters. The number of aromatic amines is 1. The molecule has 0 spiro atoms. The van der Waals surface area contributed by atoms with Gasteiger partial charge in [0.2, 0.25) is 0 Å². The van der Waals surface area contributed by atoms with Gasteiger partial charge in [0.25, 0.3) is 0 Å². The van der Waals surface area contributed by atoms with Gasteiger partial charge in [0, 0.05) is 18.7 Å². The van der Waals surface area contributed by atoms with Gasteiger partial charge in [-0.05, 0) is 31.2 Å². The van der Waals surface area contributed by atoms with Gasteiger partial charge in [-0.25, -0.2) is 9.98 Å². The van der Waals surface area contributed by atoms with E-state index in [0.29, 0.717) is 24.2 Å². The molecule has 11 heteroatoms. The molecule has 0 amide bonds. The number of hydrogen-bond acceptors (Lipinski definition) is 4. The molecule has 0 aliphatic rings. The van der Waals surface area contributed by atoms with Crippen LogP contribution in [0.15, 0.2) is 29.3 Å². The van der Waals surface area contributed by atoms with Crippen molar-refractivity contribution in [2.45, 2.75) is 26.1 Å². The van der Waals surface area contributed by atoms with Gasteiger partial charge in [-0.15, -0.1) is 24.0 Å². The molecule has 150 valence electrons. The predicted molar refractivity (Wildman–Crippen MR) is 107 cm³/mol. The average Bonchev–Trinajstić information content (AvgIpc) is 3.07. The third-order valence-electron chi connectivity index (χ3n) is 3.31. The average molecular weight is 498 g/mol. The first-order chi connectivity index (χ1) is 12.4. The van der Waals surface area contributed by atoms with E-state index < -0.39 is 12.6 Å². The molecule has 0 fully saturated rings. The molecule has 2 rings (SSSR count). The highest BCUT2D eigenvalue weighted by molar-refractivity contribution is 14.0. The SMILES string of the molecule is CCNC(=NCc1nc(-c2ccc(OC)cc2)n[nH]1)NCCC(F)(F)F.I. The zero-order valence-corrected chi connectivity index (χ0v) is 17.3. The van der Waals surface area contributed by atoms with E-state index in [2.05, 4.69) is 30.8 Å². The number of nitrogens with one attached hydrogen (secondary N) is 3. The third kappa shape index (κ3) is 8.01. The monoisotopic (exact) mass is 498 g/mol. The Morgan fingerprint density at radius 2 is 1.93 bits per heavy atom. The number of aromatic nitrogens is 3. The molecular weight excluding hydrogens is 476 g/mol. The van der Waals surface area contributed by atoms with Crippen molar-refractivity contribution in [2.75, 3.05) is 20.2 Å². The van der Waals surface area contributed by atoms with Crippen molar-refractivity contribution >= 4 is 29.9 Å². The quantitative estimate of drug-likeness (QED) is 0.311. The lowest BCUT2D eigenvalue weighted by Gasteiger charge is -2.12. The lowest BCUT2D eigenvalue weighted by atomic mass is 10.2. The van der Waals surface area contributed by atoms with Crippen molar-refractivity contribution in [3.8, 4) is 17.1 Å². The summed E-state index contributed by atoms with van der Waals surface area (Å²) in [5.41, 5.74) is 0.812. The number of rotatable bonds is 7. The Hall–Kier alpha value is -2.05. The summed E-state index contributed by atoms with van der Waals surface area (Å²) in [5.74, 6) is 2.03. The van der Waals surface area contributed by atoms with Crippen molar-refractivity contribution in [2.24, 2.45) is 4.99 Å². The number of alkyl halides is 3. The number of guanidine groups is 1. The molecule has 1 heterocycles. The molecule has 1 aromatic heterocycles. The van der Waals surface area contributed by atoms with Crippen molar-refractivity contribution in [1.82, 2.24) is 25.8 Å². The number of ether oxygens (including phenoxy) is 1. The number of H-pyrrole nitrogens is 1. The molecule has 0 bridgehead atoms. The van der Waals surface area contributed by atoms with E-state index >= 15 is 0 Å². The minimum absolute atomic E-state index is 0. The number of hydrogen-bond donors (Lipinski definition) is 3. The Bertz CT molecular complexity index is 718. The van der Waals surface area contributed by atoms with Gasteiger partial charge in [-0.3, -0.25) is 5.10 Å². The van der Waals surface area contributed by atoms with Crippen LogP contribution in [0.5, 0.6) is 5.75 Å². The standard InChI is InChI=1S/C16H21F3N6O.HI/c1-3-20-15(21-9-8-16(17,18)19)22-10-13-23-14(25-24-13)11-4-6-12(26-2)7-5-11;/h4-7H,3,8-10H2,1-2H3,(H2,20,21,22)(H,23,24,25);1H. The fraction of sp³-hybridized carbons (Fsp3) is 0.438. The molecule has 0 radical (unpaired) electrons. The summed E-state index contributed by atoms with van der Waals surface area (Å²) in [6.45, 7) is 2.27. The molecule has 0 aliphatic carbocycles. The lowest BCUT2D eigenvalue weighted by molar-refractivity contribution is -0.132. The van der Waals surface area contributed by atoms with Gasteiger partial charge in [0.05, 0.1) is 13.5 Å². The molecule has 7 nitrogen and oxygen atoms in total. The van der Waals surface area contributed by atoms with Crippen LogP contribution in [0.25, 0.3) is 11.4 Å². The molecule has 0 saturated heterocycles. The molecule has 2 aromatic rings. The number of methoxy groups -OCH3 is 1.